The molecule has 0 aliphatic carbocycles. The Balaban J connectivity index is 1.60. The summed E-state index contributed by atoms with van der Waals surface area (Å²) in [5.41, 5.74) is 4.48. The van der Waals surface area contributed by atoms with Crippen molar-refractivity contribution in [3.05, 3.63) is 65.4 Å². The number of hydrogen-bond donors (Lipinski definition) is 2. The molecule has 0 bridgehead atoms. The lowest BCUT2D eigenvalue weighted by Crippen LogP contribution is -2.27. The summed E-state index contributed by atoms with van der Waals surface area (Å²) in [4.78, 5) is 15.6. The summed E-state index contributed by atoms with van der Waals surface area (Å²) < 4.78 is 5.29. The Labute approximate surface area is 141 Å². The summed E-state index contributed by atoms with van der Waals surface area (Å²) in [6, 6.07) is 15.9. The second-order valence-corrected chi connectivity index (χ2v) is 5.86. The van der Waals surface area contributed by atoms with Crippen LogP contribution in [0.25, 0.3) is 10.9 Å². The van der Waals surface area contributed by atoms with E-state index in [-0.39, 0.29) is 5.91 Å². The lowest BCUT2D eigenvalue weighted by Gasteiger charge is -2.09. The molecule has 0 aliphatic heterocycles. The van der Waals surface area contributed by atoms with Crippen molar-refractivity contribution in [1.82, 2.24) is 10.3 Å². The molecule has 0 saturated carbocycles. The third-order valence-electron chi connectivity index (χ3n) is 4.27. The fourth-order valence-electron chi connectivity index (χ4n) is 3.07. The highest BCUT2D eigenvalue weighted by Crippen LogP contribution is 2.22. The third kappa shape index (κ3) is 3.43. The van der Waals surface area contributed by atoms with Gasteiger partial charge in [-0.2, -0.15) is 0 Å². The molecular formula is C20H22N2O2. The first-order valence-corrected chi connectivity index (χ1v) is 8.14. The molecule has 0 aliphatic rings. The zero-order valence-corrected chi connectivity index (χ0v) is 14.1. The predicted molar refractivity (Wildman–Crippen MR) is 96.4 cm³/mol. The first-order chi connectivity index (χ1) is 11.7. The molecule has 0 spiro atoms. The number of hydrogen-bond acceptors (Lipinski definition) is 2. The summed E-state index contributed by atoms with van der Waals surface area (Å²) in [5.74, 6) is 0.761. The Hall–Kier alpha value is -2.75. The van der Waals surface area contributed by atoms with E-state index in [0.717, 1.165) is 28.9 Å². The van der Waals surface area contributed by atoms with E-state index in [4.69, 9.17) is 4.74 Å². The van der Waals surface area contributed by atoms with E-state index < -0.39 is 0 Å². The van der Waals surface area contributed by atoms with Gasteiger partial charge >= 0.3 is 0 Å². The van der Waals surface area contributed by atoms with E-state index in [1.54, 1.807) is 7.11 Å². The SMILES string of the molecule is COc1ccccc1CC(=O)NCCc1c(C)[nH]c2ccccc12. The highest BCUT2D eigenvalue weighted by atomic mass is 16.5. The van der Waals surface area contributed by atoms with Crippen LogP contribution < -0.4 is 10.1 Å². The van der Waals surface area contributed by atoms with Crippen LogP contribution in [0, 0.1) is 6.92 Å². The van der Waals surface area contributed by atoms with Crippen LogP contribution >= 0.6 is 0 Å². The Morgan fingerprint density at radius 3 is 2.71 bits per heavy atom. The topological polar surface area (TPSA) is 54.1 Å². The smallest absolute Gasteiger partial charge is 0.224 e. The molecule has 0 saturated heterocycles. The van der Waals surface area contributed by atoms with Crippen LogP contribution in [0.3, 0.4) is 0 Å². The molecule has 1 aromatic heterocycles. The molecule has 3 aromatic rings. The van der Waals surface area contributed by atoms with Gasteiger partial charge in [-0.05, 0) is 31.0 Å². The van der Waals surface area contributed by atoms with Crippen molar-refractivity contribution in [3.8, 4) is 5.75 Å². The fourth-order valence-corrected chi connectivity index (χ4v) is 3.07. The van der Waals surface area contributed by atoms with Crippen molar-refractivity contribution >= 4 is 16.8 Å². The van der Waals surface area contributed by atoms with Crippen LogP contribution in [0.2, 0.25) is 0 Å². The van der Waals surface area contributed by atoms with Gasteiger partial charge in [0.2, 0.25) is 5.91 Å². The maximum atomic E-state index is 12.2. The van der Waals surface area contributed by atoms with Gasteiger partial charge in [-0.3, -0.25) is 4.79 Å². The van der Waals surface area contributed by atoms with E-state index in [1.807, 2.05) is 36.4 Å². The number of para-hydroxylation sites is 2. The normalized spacial score (nSPS) is 10.8. The Morgan fingerprint density at radius 1 is 1.12 bits per heavy atom. The van der Waals surface area contributed by atoms with Gasteiger partial charge in [0.15, 0.2) is 0 Å². The minimum absolute atomic E-state index is 0.0111. The van der Waals surface area contributed by atoms with Crippen molar-refractivity contribution in [1.29, 1.82) is 0 Å². The molecular weight excluding hydrogens is 300 g/mol. The van der Waals surface area contributed by atoms with E-state index in [0.29, 0.717) is 13.0 Å². The zero-order chi connectivity index (χ0) is 16.9. The Morgan fingerprint density at radius 2 is 1.88 bits per heavy atom. The number of carbonyl (C=O) groups is 1. The van der Waals surface area contributed by atoms with Gasteiger partial charge in [-0.25, -0.2) is 0 Å². The Bertz CT molecular complexity index is 852. The lowest BCUT2D eigenvalue weighted by atomic mass is 10.1. The van der Waals surface area contributed by atoms with Crippen LogP contribution in [0.15, 0.2) is 48.5 Å². The minimum Gasteiger partial charge on any atom is -0.496 e. The van der Waals surface area contributed by atoms with E-state index in [1.165, 1.54) is 10.9 Å². The number of benzene rings is 2. The van der Waals surface area contributed by atoms with Crippen LogP contribution in [-0.4, -0.2) is 24.5 Å². The molecule has 124 valence electrons. The number of carbonyl (C=O) groups excluding carboxylic acids is 1. The Kier molecular flexibility index (Phi) is 4.85. The standard InChI is InChI=1S/C20H22N2O2/c1-14-16(17-8-4-5-9-18(17)22-14)11-12-21-20(23)13-15-7-3-6-10-19(15)24-2/h3-10,22H,11-13H2,1-2H3,(H,21,23). The molecule has 4 heteroatoms. The molecule has 4 nitrogen and oxygen atoms in total. The molecule has 1 amide bonds. The maximum Gasteiger partial charge on any atom is 0.224 e. The van der Waals surface area contributed by atoms with E-state index in [2.05, 4.69) is 29.4 Å². The lowest BCUT2D eigenvalue weighted by molar-refractivity contribution is -0.120. The van der Waals surface area contributed by atoms with E-state index >= 15 is 0 Å². The minimum atomic E-state index is 0.0111. The van der Waals surface area contributed by atoms with Gasteiger partial charge in [0.05, 0.1) is 13.5 Å². The summed E-state index contributed by atoms with van der Waals surface area (Å²) >= 11 is 0. The third-order valence-corrected chi connectivity index (χ3v) is 4.27. The highest BCUT2D eigenvalue weighted by molar-refractivity contribution is 5.84. The average molecular weight is 322 g/mol. The number of aryl methyl sites for hydroxylation is 1. The summed E-state index contributed by atoms with van der Waals surface area (Å²) in [5, 5.41) is 4.23. The molecule has 1 heterocycles. The number of H-pyrrole nitrogens is 1. The highest BCUT2D eigenvalue weighted by Gasteiger charge is 2.10. The van der Waals surface area contributed by atoms with Gasteiger partial charge in [0.25, 0.3) is 0 Å². The average Bonchev–Trinajstić information content (AvgIpc) is 2.91. The largest absolute Gasteiger partial charge is 0.496 e. The molecule has 0 atom stereocenters. The van der Waals surface area contributed by atoms with Gasteiger partial charge in [0.1, 0.15) is 5.75 Å². The van der Waals surface area contributed by atoms with Crippen LogP contribution in [0.5, 0.6) is 5.75 Å². The summed E-state index contributed by atoms with van der Waals surface area (Å²) in [6.07, 6.45) is 1.14. The fraction of sp³-hybridized carbons (Fsp3) is 0.250. The first-order valence-electron chi connectivity index (χ1n) is 8.14. The second-order valence-electron chi connectivity index (χ2n) is 5.86. The molecule has 24 heavy (non-hydrogen) atoms. The number of rotatable bonds is 6. The summed E-state index contributed by atoms with van der Waals surface area (Å²) in [7, 11) is 1.62. The molecule has 2 aromatic carbocycles. The molecule has 2 N–H and O–H groups in total. The van der Waals surface area contributed by atoms with Crippen LogP contribution in [-0.2, 0) is 17.6 Å². The molecule has 0 fully saturated rings. The van der Waals surface area contributed by atoms with Gasteiger partial charge < -0.3 is 15.0 Å². The first kappa shape index (κ1) is 16.1. The van der Waals surface area contributed by atoms with Crippen LogP contribution in [0.4, 0.5) is 0 Å². The molecule has 0 unspecified atom stereocenters. The van der Waals surface area contributed by atoms with E-state index in [9.17, 15) is 4.79 Å². The van der Waals surface area contributed by atoms with Crippen molar-refractivity contribution in [2.45, 2.75) is 19.8 Å². The predicted octanol–water partition coefficient (Wildman–Crippen LogP) is 3.39. The van der Waals surface area contributed by atoms with Gasteiger partial charge in [0, 0.05) is 28.7 Å². The van der Waals surface area contributed by atoms with Crippen LogP contribution in [0.1, 0.15) is 16.8 Å². The maximum absolute atomic E-state index is 12.2. The van der Waals surface area contributed by atoms with Crippen molar-refractivity contribution in [2.75, 3.05) is 13.7 Å². The number of amides is 1. The van der Waals surface area contributed by atoms with Crippen molar-refractivity contribution in [2.24, 2.45) is 0 Å². The number of aromatic nitrogens is 1. The van der Waals surface area contributed by atoms with Crippen molar-refractivity contribution in [3.63, 3.8) is 0 Å². The summed E-state index contributed by atoms with van der Waals surface area (Å²) in [6.45, 7) is 2.70. The van der Waals surface area contributed by atoms with Gasteiger partial charge in [-0.15, -0.1) is 0 Å². The number of methoxy groups -OCH3 is 1. The zero-order valence-electron chi connectivity index (χ0n) is 14.1. The van der Waals surface area contributed by atoms with Crippen molar-refractivity contribution < 1.29 is 9.53 Å². The molecule has 3 rings (SSSR count). The quantitative estimate of drug-likeness (QED) is 0.731. The van der Waals surface area contributed by atoms with Gasteiger partial charge in [-0.1, -0.05) is 36.4 Å². The second kappa shape index (κ2) is 7.21. The number of aromatic amines is 1. The monoisotopic (exact) mass is 322 g/mol. The molecule has 0 radical (unpaired) electrons. The number of fused-ring (bicyclic) bond motifs is 1. The number of ether oxygens (including phenoxy) is 1. The number of nitrogens with one attached hydrogen (secondary N) is 2.